The van der Waals surface area contributed by atoms with Gasteiger partial charge < -0.3 is 5.21 Å². The first kappa shape index (κ1) is 13.8. The number of fused-ring (bicyclic) bond motifs is 1. The van der Waals surface area contributed by atoms with Crippen molar-refractivity contribution in [2.45, 2.75) is 6.54 Å². The average molecular weight is 342 g/mol. The van der Waals surface area contributed by atoms with Crippen LogP contribution in [0.3, 0.4) is 0 Å². The van der Waals surface area contributed by atoms with E-state index in [-0.39, 0.29) is 0 Å². The predicted molar refractivity (Wildman–Crippen MR) is 86.6 cm³/mol. The first-order valence-electron chi connectivity index (χ1n) is 6.61. The van der Waals surface area contributed by atoms with Gasteiger partial charge in [-0.15, -0.1) is 0 Å². The van der Waals surface area contributed by atoms with Crippen molar-refractivity contribution in [1.29, 1.82) is 0 Å². The summed E-state index contributed by atoms with van der Waals surface area (Å²) in [5.74, 6) is 0. The Morgan fingerprint density at radius 2 is 1.86 bits per heavy atom. The number of hydrogen-bond donors (Lipinski definition) is 1. The Kier molecular flexibility index (Phi) is 3.97. The Labute approximate surface area is 131 Å². The SMILES string of the molecule is O/N=C(\C[n+]1cccc(Br)c1)c1ccc2ccccc2c1. The molecule has 0 saturated carbocycles. The monoisotopic (exact) mass is 341 g/mol. The molecule has 3 rings (SSSR count). The molecule has 0 bridgehead atoms. The summed E-state index contributed by atoms with van der Waals surface area (Å²) in [6, 6.07) is 18.1. The maximum absolute atomic E-state index is 9.35. The summed E-state index contributed by atoms with van der Waals surface area (Å²) in [4.78, 5) is 0. The van der Waals surface area contributed by atoms with Gasteiger partial charge in [-0.2, -0.15) is 4.57 Å². The fourth-order valence-corrected chi connectivity index (χ4v) is 2.73. The van der Waals surface area contributed by atoms with E-state index >= 15 is 0 Å². The lowest BCUT2D eigenvalue weighted by Crippen LogP contribution is -2.37. The molecule has 0 aliphatic carbocycles. The third-order valence-electron chi connectivity index (χ3n) is 3.36. The number of aromatic nitrogens is 1. The van der Waals surface area contributed by atoms with Gasteiger partial charge in [-0.25, -0.2) is 0 Å². The molecule has 2 aromatic carbocycles. The molecule has 3 aromatic rings. The number of halogens is 1. The second kappa shape index (κ2) is 6.06. The Hall–Kier alpha value is -2.20. The van der Waals surface area contributed by atoms with Gasteiger partial charge >= 0.3 is 0 Å². The van der Waals surface area contributed by atoms with Crippen LogP contribution in [-0.4, -0.2) is 10.9 Å². The zero-order valence-corrected chi connectivity index (χ0v) is 12.9. The first-order valence-corrected chi connectivity index (χ1v) is 7.40. The topological polar surface area (TPSA) is 36.5 Å². The predicted octanol–water partition coefficient (Wildman–Crippen LogP) is 3.77. The van der Waals surface area contributed by atoms with Gasteiger partial charge in [-0.1, -0.05) is 41.6 Å². The lowest BCUT2D eigenvalue weighted by molar-refractivity contribution is -0.682. The summed E-state index contributed by atoms with van der Waals surface area (Å²) in [5.41, 5.74) is 1.55. The largest absolute Gasteiger partial charge is 0.410 e. The molecule has 3 nitrogen and oxygen atoms in total. The van der Waals surface area contributed by atoms with E-state index in [1.54, 1.807) is 0 Å². The Bertz CT molecular complexity index is 815. The van der Waals surface area contributed by atoms with Crippen LogP contribution in [0.5, 0.6) is 0 Å². The van der Waals surface area contributed by atoms with Gasteiger partial charge in [-0.3, -0.25) is 0 Å². The molecule has 0 aliphatic rings. The molecule has 0 aliphatic heterocycles. The van der Waals surface area contributed by atoms with E-state index in [2.05, 4.69) is 33.2 Å². The number of oxime groups is 1. The van der Waals surface area contributed by atoms with E-state index in [1.165, 1.54) is 5.39 Å². The molecule has 21 heavy (non-hydrogen) atoms. The second-order valence-corrected chi connectivity index (χ2v) is 5.72. The highest BCUT2D eigenvalue weighted by Gasteiger charge is 2.12. The van der Waals surface area contributed by atoms with Crippen molar-refractivity contribution in [3.8, 4) is 0 Å². The lowest BCUT2D eigenvalue weighted by atomic mass is 10.0. The van der Waals surface area contributed by atoms with Crippen LogP contribution in [0.1, 0.15) is 5.56 Å². The Morgan fingerprint density at radius 3 is 2.62 bits per heavy atom. The summed E-state index contributed by atoms with van der Waals surface area (Å²) in [7, 11) is 0. The highest BCUT2D eigenvalue weighted by molar-refractivity contribution is 9.10. The van der Waals surface area contributed by atoms with Crippen LogP contribution in [0, 0.1) is 0 Å². The molecule has 104 valence electrons. The smallest absolute Gasteiger partial charge is 0.194 e. The molecule has 0 fully saturated rings. The van der Waals surface area contributed by atoms with Crippen LogP contribution in [0.4, 0.5) is 0 Å². The quantitative estimate of drug-likeness (QED) is 0.335. The minimum atomic E-state index is 0.508. The summed E-state index contributed by atoms with van der Waals surface area (Å²) >= 11 is 3.44. The highest BCUT2D eigenvalue weighted by atomic mass is 79.9. The number of hydrogen-bond acceptors (Lipinski definition) is 2. The maximum Gasteiger partial charge on any atom is 0.194 e. The molecule has 4 heteroatoms. The van der Waals surface area contributed by atoms with Crippen LogP contribution >= 0.6 is 15.9 Å². The van der Waals surface area contributed by atoms with Gasteiger partial charge in [0.25, 0.3) is 0 Å². The minimum absolute atomic E-state index is 0.508. The minimum Gasteiger partial charge on any atom is -0.410 e. The van der Waals surface area contributed by atoms with Crippen molar-refractivity contribution in [2.24, 2.45) is 5.16 Å². The van der Waals surface area contributed by atoms with Crippen LogP contribution < -0.4 is 4.57 Å². The van der Waals surface area contributed by atoms with Crippen molar-refractivity contribution in [3.05, 3.63) is 77.0 Å². The fraction of sp³-hybridized carbons (Fsp3) is 0.0588. The third-order valence-corrected chi connectivity index (χ3v) is 3.83. The van der Waals surface area contributed by atoms with E-state index in [0.29, 0.717) is 12.3 Å². The molecular weight excluding hydrogens is 328 g/mol. The summed E-state index contributed by atoms with van der Waals surface area (Å²) in [6.45, 7) is 0.508. The van der Waals surface area contributed by atoms with Gasteiger partial charge in [0.05, 0.1) is 4.47 Å². The van der Waals surface area contributed by atoms with E-state index in [1.807, 2.05) is 59.4 Å². The van der Waals surface area contributed by atoms with E-state index < -0.39 is 0 Å². The number of benzene rings is 2. The zero-order valence-electron chi connectivity index (χ0n) is 11.3. The molecule has 0 spiro atoms. The van der Waals surface area contributed by atoms with Gasteiger partial charge in [0, 0.05) is 11.6 Å². The van der Waals surface area contributed by atoms with Gasteiger partial charge in [-0.05, 0) is 38.8 Å². The summed E-state index contributed by atoms with van der Waals surface area (Å²) in [5, 5.41) is 15.1. The third kappa shape index (κ3) is 3.11. The van der Waals surface area contributed by atoms with E-state index in [9.17, 15) is 5.21 Å². The van der Waals surface area contributed by atoms with Crippen LogP contribution in [0.2, 0.25) is 0 Å². The van der Waals surface area contributed by atoms with Crippen LogP contribution in [0.15, 0.2) is 76.6 Å². The summed E-state index contributed by atoms with van der Waals surface area (Å²) in [6.07, 6.45) is 3.89. The first-order chi connectivity index (χ1) is 10.3. The fourth-order valence-electron chi connectivity index (χ4n) is 2.31. The van der Waals surface area contributed by atoms with Crippen molar-refractivity contribution in [3.63, 3.8) is 0 Å². The Morgan fingerprint density at radius 1 is 1.05 bits per heavy atom. The molecular formula is C17H14BrN2O+. The normalized spacial score (nSPS) is 11.8. The molecule has 0 radical (unpaired) electrons. The zero-order chi connectivity index (χ0) is 14.7. The number of rotatable bonds is 3. The van der Waals surface area contributed by atoms with Crippen molar-refractivity contribution < 1.29 is 9.77 Å². The van der Waals surface area contributed by atoms with E-state index in [4.69, 9.17) is 0 Å². The second-order valence-electron chi connectivity index (χ2n) is 4.80. The van der Waals surface area contributed by atoms with Crippen molar-refractivity contribution in [1.82, 2.24) is 0 Å². The average Bonchev–Trinajstić information content (AvgIpc) is 2.52. The van der Waals surface area contributed by atoms with Gasteiger partial charge in [0.15, 0.2) is 24.7 Å². The van der Waals surface area contributed by atoms with Crippen molar-refractivity contribution in [2.75, 3.05) is 0 Å². The van der Waals surface area contributed by atoms with Crippen LogP contribution in [-0.2, 0) is 6.54 Å². The molecule has 1 N–H and O–H groups in total. The van der Waals surface area contributed by atoms with Gasteiger partial charge in [0.1, 0.15) is 0 Å². The van der Waals surface area contributed by atoms with Gasteiger partial charge in [0.2, 0.25) is 0 Å². The lowest BCUT2D eigenvalue weighted by Gasteiger charge is -2.04. The Balaban J connectivity index is 1.95. The molecule has 0 atom stereocenters. The standard InChI is InChI=1S/C17H13BrN2O/c18-16-6-3-9-20(11-16)12-17(19-21)15-8-7-13-4-1-2-5-14(13)10-15/h1-11H,12H2/p+1/b19-17+. The van der Waals surface area contributed by atoms with Crippen LogP contribution in [0.25, 0.3) is 10.8 Å². The maximum atomic E-state index is 9.35. The molecule has 0 amide bonds. The number of pyridine rings is 1. The molecule has 0 saturated heterocycles. The number of nitrogens with zero attached hydrogens (tertiary/aromatic N) is 2. The van der Waals surface area contributed by atoms with Crippen molar-refractivity contribution >= 4 is 32.4 Å². The highest BCUT2D eigenvalue weighted by Crippen LogP contribution is 2.16. The van der Waals surface area contributed by atoms with E-state index in [0.717, 1.165) is 15.4 Å². The molecule has 0 unspecified atom stereocenters. The molecule has 1 aromatic heterocycles. The summed E-state index contributed by atoms with van der Waals surface area (Å²) < 4.78 is 2.95. The molecule has 1 heterocycles.